The van der Waals surface area contributed by atoms with Crippen LogP contribution in [0.15, 0.2) is 105 Å². The van der Waals surface area contributed by atoms with Crippen LogP contribution in [0.1, 0.15) is 5.76 Å². The number of primary sulfonamides is 1. The summed E-state index contributed by atoms with van der Waals surface area (Å²) in [4.78, 5) is 0.338. The number of rotatable bonds is 5. The molecule has 1 heterocycles. The van der Waals surface area contributed by atoms with Gasteiger partial charge < -0.3 is 4.52 Å². The first kappa shape index (κ1) is 23.2. The normalized spacial score (nSPS) is 11.3. The van der Waals surface area contributed by atoms with Crippen LogP contribution in [-0.2, 0) is 20.0 Å². The summed E-state index contributed by atoms with van der Waals surface area (Å²) >= 11 is 0. The van der Waals surface area contributed by atoms with Crippen LogP contribution in [0.3, 0.4) is 0 Å². The van der Waals surface area contributed by atoms with Crippen LogP contribution in [0.25, 0.3) is 11.3 Å². The number of hydrogen-bond donors (Lipinski definition) is 2. The minimum Gasteiger partial charge on any atom is -0.359 e. The van der Waals surface area contributed by atoms with Crippen LogP contribution in [0.4, 0.5) is 5.69 Å². The highest BCUT2D eigenvalue weighted by Gasteiger charge is 2.21. The molecule has 0 aliphatic heterocycles. The molecule has 0 aliphatic rings. The lowest BCUT2D eigenvalue weighted by Crippen LogP contribution is -2.13. The van der Waals surface area contributed by atoms with Crippen LogP contribution < -0.4 is 9.86 Å². The van der Waals surface area contributed by atoms with Crippen molar-refractivity contribution in [3.05, 3.63) is 96.8 Å². The smallest absolute Gasteiger partial charge is 0.262 e. The highest BCUT2D eigenvalue weighted by molar-refractivity contribution is 7.92. The lowest BCUT2D eigenvalue weighted by molar-refractivity contribution is 0.400. The molecule has 4 rings (SSSR count). The fraction of sp³-hybridized carbons (Fsp3) is 0.0455. The van der Waals surface area contributed by atoms with Crippen molar-refractivity contribution in [3.63, 3.8) is 0 Å². The average Bonchev–Trinajstić information content (AvgIpc) is 3.15. The SMILES string of the molecule is Cc1onc(-c2ccccc2)c1NS(=O)(=O)c1ccccc1.NS(=O)(=O)c1ccccc1. The topological polar surface area (TPSA) is 132 Å². The van der Waals surface area contributed by atoms with E-state index in [9.17, 15) is 16.8 Å². The summed E-state index contributed by atoms with van der Waals surface area (Å²) < 4.78 is 53.9. The van der Waals surface area contributed by atoms with Gasteiger partial charge in [-0.2, -0.15) is 0 Å². The third-order valence-electron chi connectivity index (χ3n) is 4.27. The summed E-state index contributed by atoms with van der Waals surface area (Å²) in [6.07, 6.45) is 0. The Morgan fingerprint density at radius 2 is 1.22 bits per heavy atom. The molecule has 0 atom stereocenters. The number of nitrogens with two attached hydrogens (primary N) is 1. The Kier molecular flexibility index (Phi) is 7.08. The zero-order valence-corrected chi connectivity index (χ0v) is 18.7. The van der Waals surface area contributed by atoms with Crippen LogP contribution in [0, 0.1) is 6.92 Å². The Bertz CT molecular complexity index is 1370. The van der Waals surface area contributed by atoms with E-state index in [0.717, 1.165) is 5.56 Å². The molecule has 3 N–H and O–H groups in total. The van der Waals surface area contributed by atoms with Crippen molar-refractivity contribution in [2.45, 2.75) is 16.7 Å². The molecule has 0 fully saturated rings. The van der Waals surface area contributed by atoms with Crippen LogP contribution in [0.5, 0.6) is 0 Å². The molecule has 166 valence electrons. The Morgan fingerprint density at radius 1 is 0.750 bits per heavy atom. The van der Waals surface area contributed by atoms with Crippen molar-refractivity contribution in [3.8, 4) is 11.3 Å². The summed E-state index contributed by atoms with van der Waals surface area (Å²) in [7, 11) is -7.19. The van der Waals surface area contributed by atoms with E-state index in [4.69, 9.17) is 9.66 Å². The molecular weight excluding hydrogens is 450 g/mol. The van der Waals surface area contributed by atoms with E-state index in [-0.39, 0.29) is 9.79 Å². The fourth-order valence-corrected chi connectivity index (χ4v) is 4.37. The second-order valence-electron chi connectivity index (χ2n) is 6.61. The van der Waals surface area contributed by atoms with E-state index in [1.54, 1.807) is 43.3 Å². The van der Waals surface area contributed by atoms with Gasteiger partial charge in [-0.25, -0.2) is 22.0 Å². The highest BCUT2D eigenvalue weighted by atomic mass is 32.2. The maximum Gasteiger partial charge on any atom is 0.262 e. The molecule has 8 nitrogen and oxygen atoms in total. The van der Waals surface area contributed by atoms with E-state index in [2.05, 4.69) is 9.88 Å². The van der Waals surface area contributed by atoms with E-state index in [1.807, 2.05) is 30.3 Å². The Morgan fingerprint density at radius 3 is 1.69 bits per heavy atom. The molecule has 0 radical (unpaired) electrons. The zero-order valence-electron chi connectivity index (χ0n) is 17.0. The monoisotopic (exact) mass is 471 g/mol. The van der Waals surface area contributed by atoms with Crippen molar-refractivity contribution in [1.29, 1.82) is 0 Å². The summed E-state index contributed by atoms with van der Waals surface area (Å²) in [5, 5.41) is 8.79. The Hall–Kier alpha value is -3.47. The van der Waals surface area contributed by atoms with Crippen molar-refractivity contribution in [2.75, 3.05) is 4.72 Å². The molecular formula is C22H21N3O5S2. The predicted molar refractivity (Wildman–Crippen MR) is 122 cm³/mol. The molecule has 0 aliphatic carbocycles. The molecule has 0 unspecified atom stereocenters. The average molecular weight is 472 g/mol. The maximum absolute atomic E-state index is 12.5. The highest BCUT2D eigenvalue weighted by Crippen LogP contribution is 2.31. The minimum atomic E-state index is -3.69. The van der Waals surface area contributed by atoms with Gasteiger partial charge in [0.2, 0.25) is 10.0 Å². The van der Waals surface area contributed by atoms with E-state index < -0.39 is 20.0 Å². The van der Waals surface area contributed by atoms with Gasteiger partial charge in [0.25, 0.3) is 10.0 Å². The lowest BCUT2D eigenvalue weighted by atomic mass is 10.1. The van der Waals surface area contributed by atoms with Crippen molar-refractivity contribution in [2.24, 2.45) is 5.14 Å². The van der Waals surface area contributed by atoms with Gasteiger partial charge in [0.05, 0.1) is 9.79 Å². The van der Waals surface area contributed by atoms with Gasteiger partial charge in [-0.15, -0.1) is 0 Å². The van der Waals surface area contributed by atoms with Gasteiger partial charge in [0.1, 0.15) is 11.4 Å². The largest absolute Gasteiger partial charge is 0.359 e. The van der Waals surface area contributed by atoms with Gasteiger partial charge in [-0.1, -0.05) is 71.9 Å². The number of sulfonamides is 2. The molecule has 0 saturated carbocycles. The Balaban J connectivity index is 0.000000243. The summed E-state index contributed by atoms with van der Waals surface area (Å²) in [5.41, 5.74) is 1.61. The van der Waals surface area contributed by atoms with Crippen LogP contribution in [0.2, 0.25) is 0 Å². The summed E-state index contributed by atoms with van der Waals surface area (Å²) in [6.45, 7) is 1.67. The third-order valence-corrected chi connectivity index (χ3v) is 6.57. The molecule has 3 aromatic carbocycles. The van der Waals surface area contributed by atoms with Crippen molar-refractivity contribution < 1.29 is 21.4 Å². The van der Waals surface area contributed by atoms with E-state index in [1.165, 1.54) is 24.3 Å². The minimum absolute atomic E-state index is 0.148. The van der Waals surface area contributed by atoms with Gasteiger partial charge >= 0.3 is 0 Å². The number of aromatic nitrogens is 1. The van der Waals surface area contributed by atoms with Crippen LogP contribution >= 0.6 is 0 Å². The summed E-state index contributed by atoms with van der Waals surface area (Å²) in [5.74, 6) is 0.415. The number of nitrogens with zero attached hydrogens (tertiary/aromatic N) is 1. The molecule has 0 saturated heterocycles. The standard InChI is InChI=1S/C16H14N2O3S.C6H7NO2S/c1-12-15(16(17-21-12)13-8-4-2-5-9-13)18-22(19,20)14-10-6-3-7-11-14;7-10(8,9)6-4-2-1-3-5-6/h2-11,18H,1H3;1-5H,(H2,7,8,9). The first-order chi connectivity index (χ1) is 15.2. The third kappa shape index (κ3) is 5.82. The molecule has 1 aromatic heterocycles. The molecule has 0 amide bonds. The fourth-order valence-electron chi connectivity index (χ4n) is 2.69. The molecule has 4 aromatic rings. The zero-order chi connectivity index (χ0) is 23.2. The van der Waals surface area contributed by atoms with Gasteiger partial charge in [-0.3, -0.25) is 4.72 Å². The quantitative estimate of drug-likeness (QED) is 0.455. The molecule has 32 heavy (non-hydrogen) atoms. The summed E-state index contributed by atoms with van der Waals surface area (Å²) in [6, 6.07) is 25.3. The number of anilines is 1. The number of benzene rings is 3. The Labute approximate surface area is 186 Å². The van der Waals surface area contributed by atoms with Crippen LogP contribution in [-0.4, -0.2) is 22.0 Å². The maximum atomic E-state index is 12.5. The van der Waals surface area contributed by atoms with E-state index in [0.29, 0.717) is 17.1 Å². The first-order valence-electron chi connectivity index (χ1n) is 9.36. The van der Waals surface area contributed by atoms with Gasteiger partial charge in [0.15, 0.2) is 5.76 Å². The number of aryl methyl sites for hydroxylation is 1. The lowest BCUT2D eigenvalue weighted by Gasteiger charge is -2.08. The van der Waals surface area contributed by atoms with Crippen molar-refractivity contribution in [1.82, 2.24) is 5.16 Å². The number of hydrogen-bond acceptors (Lipinski definition) is 6. The van der Waals surface area contributed by atoms with Crippen molar-refractivity contribution >= 4 is 25.7 Å². The second-order valence-corrected chi connectivity index (χ2v) is 9.85. The first-order valence-corrected chi connectivity index (χ1v) is 12.4. The molecule has 0 bridgehead atoms. The van der Waals surface area contributed by atoms with Gasteiger partial charge in [-0.05, 0) is 31.2 Å². The predicted octanol–water partition coefficient (Wildman–Crippen LogP) is 3.78. The number of nitrogens with one attached hydrogen (secondary N) is 1. The van der Waals surface area contributed by atoms with Gasteiger partial charge in [0, 0.05) is 5.56 Å². The molecule has 0 spiro atoms. The van der Waals surface area contributed by atoms with E-state index >= 15 is 0 Å². The second kappa shape index (κ2) is 9.77. The molecule has 10 heteroatoms.